The molecular weight excluding hydrogens is 352 g/mol. The van der Waals surface area contributed by atoms with Crippen LogP contribution in [0.2, 0.25) is 0 Å². The average molecular weight is 370 g/mol. The molecule has 0 aliphatic rings. The van der Waals surface area contributed by atoms with Crippen LogP contribution in [0, 0.1) is 0 Å². The van der Waals surface area contributed by atoms with Crippen molar-refractivity contribution in [3.63, 3.8) is 0 Å². The topological polar surface area (TPSA) is 109 Å². The van der Waals surface area contributed by atoms with Crippen molar-refractivity contribution in [1.29, 1.82) is 0 Å². The summed E-state index contributed by atoms with van der Waals surface area (Å²) in [6.07, 6.45) is 0.0440. The molecule has 0 aromatic heterocycles. The fraction of sp³-hybridized carbons (Fsp3) is 0.105. The van der Waals surface area contributed by atoms with Crippen molar-refractivity contribution in [2.24, 2.45) is 0 Å². The minimum atomic E-state index is -4.05. The van der Waals surface area contributed by atoms with Crippen LogP contribution in [0.5, 0.6) is 0 Å². The summed E-state index contributed by atoms with van der Waals surface area (Å²) >= 11 is 0. The third kappa shape index (κ3) is 3.68. The fourth-order valence-corrected chi connectivity index (χ4v) is 4.21. The second-order valence-electron chi connectivity index (χ2n) is 5.90. The quantitative estimate of drug-likeness (QED) is 0.577. The zero-order chi connectivity index (χ0) is 18.7. The van der Waals surface area contributed by atoms with E-state index < -0.39 is 22.0 Å². The highest BCUT2D eigenvalue weighted by Gasteiger charge is 2.27. The third-order valence-electron chi connectivity index (χ3n) is 4.09. The summed E-state index contributed by atoms with van der Waals surface area (Å²) in [6, 6.07) is 17.3. The lowest BCUT2D eigenvalue weighted by atomic mass is 10.1. The van der Waals surface area contributed by atoms with E-state index in [0.29, 0.717) is 16.5 Å². The average Bonchev–Trinajstić information content (AvgIpc) is 2.62. The van der Waals surface area contributed by atoms with Gasteiger partial charge in [-0.2, -0.15) is 4.72 Å². The van der Waals surface area contributed by atoms with E-state index in [-0.39, 0.29) is 11.3 Å². The molecule has 26 heavy (non-hydrogen) atoms. The zero-order valence-electron chi connectivity index (χ0n) is 13.8. The highest BCUT2D eigenvalue weighted by Crippen LogP contribution is 2.27. The molecular formula is C19H18N2O4S. The number of carboxylic acids is 1. The van der Waals surface area contributed by atoms with Crippen LogP contribution < -0.4 is 10.5 Å². The van der Waals surface area contributed by atoms with Gasteiger partial charge in [-0.05, 0) is 24.1 Å². The van der Waals surface area contributed by atoms with Gasteiger partial charge in [0.15, 0.2) is 0 Å². The first-order chi connectivity index (χ1) is 12.4. The molecule has 3 aromatic carbocycles. The summed E-state index contributed by atoms with van der Waals surface area (Å²) in [4.78, 5) is 11.6. The number of anilines is 1. The summed E-state index contributed by atoms with van der Waals surface area (Å²) < 4.78 is 28.0. The Bertz CT molecular complexity index is 1050. The van der Waals surface area contributed by atoms with Crippen LogP contribution in [0.3, 0.4) is 0 Å². The molecule has 3 aromatic rings. The zero-order valence-corrected chi connectivity index (χ0v) is 14.6. The van der Waals surface area contributed by atoms with Gasteiger partial charge in [0.05, 0.1) is 4.90 Å². The predicted molar refractivity (Wildman–Crippen MR) is 100 cm³/mol. The van der Waals surface area contributed by atoms with Gasteiger partial charge < -0.3 is 10.8 Å². The molecule has 0 fully saturated rings. The molecule has 0 aliphatic carbocycles. The maximum atomic E-state index is 12.8. The number of nitrogens with two attached hydrogens (primary N) is 1. The van der Waals surface area contributed by atoms with E-state index in [9.17, 15) is 18.3 Å². The van der Waals surface area contributed by atoms with Crippen LogP contribution in [0.1, 0.15) is 5.56 Å². The predicted octanol–water partition coefficient (Wildman–Crippen LogP) is 2.40. The van der Waals surface area contributed by atoms with Gasteiger partial charge in [-0.1, -0.05) is 54.6 Å². The van der Waals surface area contributed by atoms with E-state index >= 15 is 0 Å². The van der Waals surface area contributed by atoms with Crippen molar-refractivity contribution >= 4 is 32.5 Å². The minimum Gasteiger partial charge on any atom is -0.480 e. The molecule has 0 heterocycles. The number of sulfonamides is 1. The van der Waals surface area contributed by atoms with E-state index in [0.717, 1.165) is 5.56 Å². The number of fused-ring (bicyclic) bond motifs is 1. The third-order valence-corrected chi connectivity index (χ3v) is 5.62. The molecule has 0 saturated heterocycles. The van der Waals surface area contributed by atoms with Crippen LogP contribution in [0.15, 0.2) is 71.6 Å². The molecule has 0 amide bonds. The van der Waals surface area contributed by atoms with E-state index in [1.165, 1.54) is 12.1 Å². The van der Waals surface area contributed by atoms with Crippen LogP contribution in [0.4, 0.5) is 5.69 Å². The Labute approximate surface area is 151 Å². The standard InChI is InChI=1S/C19H18N2O4S/c20-16-10-11-18(15-9-5-4-8-14(15)16)26(24,25)21-17(19(22)23)12-13-6-2-1-3-7-13/h1-11,17,21H,12,20H2,(H,22,23)/t17-/m0/s1. The Kier molecular flexibility index (Phi) is 4.92. The molecule has 0 saturated carbocycles. The molecule has 0 bridgehead atoms. The maximum absolute atomic E-state index is 12.8. The number of nitrogen functional groups attached to an aromatic ring is 1. The monoisotopic (exact) mass is 370 g/mol. The SMILES string of the molecule is Nc1ccc(S(=O)(=O)N[C@@H](Cc2ccccc2)C(=O)O)c2ccccc12. The Morgan fingerprint density at radius 2 is 1.58 bits per heavy atom. The van der Waals surface area contributed by atoms with Crippen LogP contribution >= 0.6 is 0 Å². The van der Waals surface area contributed by atoms with E-state index in [4.69, 9.17) is 5.73 Å². The first-order valence-corrected chi connectivity index (χ1v) is 9.43. The number of rotatable bonds is 6. The molecule has 7 heteroatoms. The molecule has 0 unspecified atom stereocenters. The Morgan fingerprint density at radius 3 is 2.23 bits per heavy atom. The van der Waals surface area contributed by atoms with Crippen molar-refractivity contribution in [3.8, 4) is 0 Å². The molecule has 0 spiro atoms. The first kappa shape index (κ1) is 17.9. The number of hydrogen-bond acceptors (Lipinski definition) is 4. The van der Waals surface area contributed by atoms with Crippen molar-refractivity contribution in [2.45, 2.75) is 17.4 Å². The highest BCUT2D eigenvalue weighted by atomic mass is 32.2. The van der Waals surface area contributed by atoms with Crippen LogP contribution in [-0.2, 0) is 21.2 Å². The number of benzene rings is 3. The first-order valence-electron chi connectivity index (χ1n) is 7.95. The lowest BCUT2D eigenvalue weighted by molar-refractivity contribution is -0.138. The maximum Gasteiger partial charge on any atom is 0.322 e. The smallest absolute Gasteiger partial charge is 0.322 e. The van der Waals surface area contributed by atoms with E-state index in [2.05, 4.69) is 4.72 Å². The van der Waals surface area contributed by atoms with E-state index in [1.807, 2.05) is 6.07 Å². The summed E-state index contributed by atoms with van der Waals surface area (Å²) in [5.74, 6) is -1.24. The number of nitrogens with one attached hydrogen (secondary N) is 1. The lowest BCUT2D eigenvalue weighted by Gasteiger charge is -2.16. The van der Waals surface area contributed by atoms with Crippen molar-refractivity contribution in [2.75, 3.05) is 5.73 Å². The van der Waals surface area contributed by atoms with Crippen LogP contribution in [0.25, 0.3) is 10.8 Å². The van der Waals surface area contributed by atoms with Crippen molar-refractivity contribution in [1.82, 2.24) is 4.72 Å². The molecule has 1 atom stereocenters. The van der Waals surface area contributed by atoms with Gasteiger partial charge >= 0.3 is 5.97 Å². The van der Waals surface area contributed by atoms with Crippen LogP contribution in [-0.4, -0.2) is 25.5 Å². The van der Waals surface area contributed by atoms with Gasteiger partial charge in [0.2, 0.25) is 10.0 Å². The number of carbonyl (C=O) groups is 1. The second-order valence-corrected chi connectivity index (χ2v) is 7.58. The van der Waals surface area contributed by atoms with Crippen molar-refractivity contribution in [3.05, 3.63) is 72.3 Å². The summed E-state index contributed by atoms with van der Waals surface area (Å²) in [6.45, 7) is 0. The van der Waals surface area contributed by atoms with Gasteiger partial charge in [-0.3, -0.25) is 4.79 Å². The van der Waals surface area contributed by atoms with Gasteiger partial charge in [-0.25, -0.2) is 8.42 Å². The molecule has 4 N–H and O–H groups in total. The normalized spacial score (nSPS) is 12.8. The molecule has 0 radical (unpaired) electrons. The number of aliphatic carboxylic acids is 1. The highest BCUT2D eigenvalue weighted by molar-refractivity contribution is 7.89. The lowest BCUT2D eigenvalue weighted by Crippen LogP contribution is -2.42. The largest absolute Gasteiger partial charge is 0.480 e. The van der Waals surface area contributed by atoms with Gasteiger partial charge in [0.1, 0.15) is 6.04 Å². The fourth-order valence-electron chi connectivity index (χ4n) is 2.81. The molecule has 3 rings (SSSR count). The Morgan fingerprint density at radius 1 is 0.962 bits per heavy atom. The number of carboxylic acid groups (broad SMARTS) is 1. The molecule has 0 aliphatic heterocycles. The second kappa shape index (κ2) is 7.15. The van der Waals surface area contributed by atoms with Gasteiger partial charge in [-0.15, -0.1) is 0 Å². The molecule has 6 nitrogen and oxygen atoms in total. The summed E-state index contributed by atoms with van der Waals surface area (Å²) in [5, 5.41) is 10.5. The summed E-state index contributed by atoms with van der Waals surface area (Å²) in [7, 11) is -4.05. The summed E-state index contributed by atoms with van der Waals surface area (Å²) in [5.41, 5.74) is 7.09. The van der Waals surface area contributed by atoms with Gasteiger partial charge in [0.25, 0.3) is 0 Å². The molecule has 134 valence electrons. The minimum absolute atomic E-state index is 0.00149. The number of hydrogen-bond donors (Lipinski definition) is 3. The van der Waals surface area contributed by atoms with E-state index in [1.54, 1.807) is 48.5 Å². The van der Waals surface area contributed by atoms with Gasteiger partial charge in [0, 0.05) is 16.5 Å². The Hall–Kier alpha value is -2.90. The van der Waals surface area contributed by atoms with Crippen molar-refractivity contribution < 1.29 is 18.3 Å². The Balaban J connectivity index is 1.97.